The third-order valence-corrected chi connectivity index (χ3v) is 5.99. The number of rotatable bonds is 4. The SMILES string of the molecule is C[C@H]1CC(Oc2cc(NC(=O)c3ccc(F)cc3Cl)ccc2C(C)(C)C)CCN1C. The zero-order valence-corrected chi connectivity index (χ0v) is 19.0. The van der Waals surface area contributed by atoms with Crippen LogP contribution < -0.4 is 10.1 Å². The second-order valence-electron chi connectivity index (χ2n) is 9.13. The summed E-state index contributed by atoms with van der Waals surface area (Å²) in [7, 11) is 2.14. The lowest BCUT2D eigenvalue weighted by molar-refractivity contribution is 0.0778. The van der Waals surface area contributed by atoms with Crippen molar-refractivity contribution in [3.8, 4) is 5.75 Å². The van der Waals surface area contributed by atoms with Crippen molar-refractivity contribution in [3.05, 3.63) is 58.4 Å². The predicted octanol–water partition coefficient (Wildman–Crippen LogP) is 5.89. The highest BCUT2D eigenvalue weighted by Gasteiger charge is 2.27. The number of nitrogens with zero attached hydrogens (tertiary/aromatic N) is 1. The molecule has 0 aromatic heterocycles. The van der Waals surface area contributed by atoms with E-state index in [1.165, 1.54) is 12.1 Å². The van der Waals surface area contributed by atoms with Crippen molar-refractivity contribution in [1.82, 2.24) is 4.90 Å². The first-order chi connectivity index (χ1) is 14.0. The molecule has 0 bridgehead atoms. The molecule has 1 N–H and O–H groups in total. The van der Waals surface area contributed by atoms with Gasteiger partial charge in [0.15, 0.2) is 0 Å². The van der Waals surface area contributed by atoms with E-state index in [1.54, 1.807) is 0 Å². The number of carbonyl (C=O) groups is 1. The Morgan fingerprint density at radius 3 is 2.60 bits per heavy atom. The Morgan fingerprint density at radius 2 is 1.97 bits per heavy atom. The summed E-state index contributed by atoms with van der Waals surface area (Å²) in [5.41, 5.74) is 1.83. The smallest absolute Gasteiger partial charge is 0.257 e. The third-order valence-electron chi connectivity index (χ3n) is 5.68. The maximum Gasteiger partial charge on any atom is 0.257 e. The van der Waals surface area contributed by atoms with Gasteiger partial charge in [0, 0.05) is 24.3 Å². The highest BCUT2D eigenvalue weighted by molar-refractivity contribution is 6.34. The highest BCUT2D eigenvalue weighted by atomic mass is 35.5. The van der Waals surface area contributed by atoms with Gasteiger partial charge in [0.25, 0.3) is 5.91 Å². The summed E-state index contributed by atoms with van der Waals surface area (Å²) in [5, 5.41) is 2.94. The van der Waals surface area contributed by atoms with E-state index >= 15 is 0 Å². The summed E-state index contributed by atoms with van der Waals surface area (Å²) in [6.45, 7) is 9.63. The van der Waals surface area contributed by atoms with E-state index in [0.29, 0.717) is 11.7 Å². The van der Waals surface area contributed by atoms with Crippen molar-refractivity contribution < 1.29 is 13.9 Å². The maximum atomic E-state index is 13.3. The molecule has 1 amide bonds. The molecule has 2 aromatic rings. The first-order valence-corrected chi connectivity index (χ1v) is 10.7. The number of halogens is 2. The van der Waals surface area contributed by atoms with Crippen LogP contribution in [0.15, 0.2) is 36.4 Å². The minimum atomic E-state index is -0.478. The molecule has 1 aliphatic heterocycles. The van der Waals surface area contributed by atoms with E-state index in [2.05, 4.69) is 45.0 Å². The lowest BCUT2D eigenvalue weighted by Gasteiger charge is -2.36. The van der Waals surface area contributed by atoms with Crippen molar-refractivity contribution in [1.29, 1.82) is 0 Å². The van der Waals surface area contributed by atoms with E-state index in [-0.39, 0.29) is 28.0 Å². The lowest BCUT2D eigenvalue weighted by atomic mass is 9.86. The number of piperidine rings is 1. The Morgan fingerprint density at radius 1 is 1.23 bits per heavy atom. The number of hydrogen-bond donors (Lipinski definition) is 1. The largest absolute Gasteiger partial charge is 0.490 e. The van der Waals surface area contributed by atoms with E-state index in [0.717, 1.165) is 36.8 Å². The van der Waals surface area contributed by atoms with E-state index < -0.39 is 5.82 Å². The van der Waals surface area contributed by atoms with Crippen LogP contribution in [0.4, 0.5) is 10.1 Å². The Hall–Kier alpha value is -2.11. The van der Waals surface area contributed by atoms with Crippen molar-refractivity contribution in [3.63, 3.8) is 0 Å². The van der Waals surface area contributed by atoms with Gasteiger partial charge in [-0.05, 0) is 62.1 Å². The molecular weight excluding hydrogens is 403 g/mol. The normalized spacial score (nSPS) is 20.1. The summed E-state index contributed by atoms with van der Waals surface area (Å²) >= 11 is 6.03. The van der Waals surface area contributed by atoms with Crippen molar-refractivity contribution >= 4 is 23.2 Å². The molecule has 1 saturated heterocycles. The first-order valence-electron chi connectivity index (χ1n) is 10.3. The Bertz CT molecular complexity index is 926. The number of benzene rings is 2. The second kappa shape index (κ2) is 8.94. The van der Waals surface area contributed by atoms with Gasteiger partial charge < -0.3 is 15.0 Å². The van der Waals surface area contributed by atoms with E-state index in [1.807, 2.05) is 18.2 Å². The maximum absolute atomic E-state index is 13.3. The van der Waals surface area contributed by atoms with Gasteiger partial charge in [-0.25, -0.2) is 4.39 Å². The standard InChI is InChI=1S/C24H30ClFN2O2/c1-15-12-18(10-11-28(15)5)30-22-14-17(7-9-20(22)24(2,3)4)27-23(29)19-8-6-16(26)13-21(19)25/h6-9,13-15,18H,10-12H2,1-5H3,(H,27,29)/t15-,18?/m0/s1. The average Bonchev–Trinajstić information content (AvgIpc) is 2.64. The minimum Gasteiger partial charge on any atom is -0.490 e. The van der Waals surface area contributed by atoms with Gasteiger partial charge in [-0.15, -0.1) is 0 Å². The van der Waals surface area contributed by atoms with Crippen LogP contribution in [0.5, 0.6) is 5.75 Å². The molecule has 0 spiro atoms. The fourth-order valence-electron chi connectivity index (χ4n) is 3.72. The summed E-state index contributed by atoms with van der Waals surface area (Å²) in [6, 6.07) is 9.93. The monoisotopic (exact) mass is 432 g/mol. The fourth-order valence-corrected chi connectivity index (χ4v) is 3.98. The summed E-state index contributed by atoms with van der Waals surface area (Å²) in [5.74, 6) is -0.0799. The number of carbonyl (C=O) groups excluding carboxylic acids is 1. The molecule has 1 unspecified atom stereocenters. The quantitative estimate of drug-likeness (QED) is 0.654. The molecule has 0 aliphatic carbocycles. The molecule has 0 saturated carbocycles. The van der Waals surface area contributed by atoms with Crippen LogP contribution >= 0.6 is 11.6 Å². The zero-order chi connectivity index (χ0) is 22.1. The van der Waals surface area contributed by atoms with E-state index in [9.17, 15) is 9.18 Å². The summed E-state index contributed by atoms with van der Waals surface area (Å²) < 4.78 is 19.7. The number of anilines is 1. The molecule has 0 radical (unpaired) electrons. The molecule has 4 nitrogen and oxygen atoms in total. The fraction of sp³-hybridized carbons (Fsp3) is 0.458. The van der Waals surface area contributed by atoms with Gasteiger partial charge >= 0.3 is 0 Å². The Labute approximate surface area is 183 Å². The number of amides is 1. The molecule has 3 rings (SSSR count). The van der Waals surface area contributed by atoms with Crippen LogP contribution in [0.1, 0.15) is 56.5 Å². The topological polar surface area (TPSA) is 41.6 Å². The minimum absolute atomic E-state index is 0.0793. The Kier molecular flexibility index (Phi) is 6.73. The van der Waals surface area contributed by atoms with Crippen LogP contribution in [-0.4, -0.2) is 36.5 Å². The van der Waals surface area contributed by atoms with Crippen LogP contribution in [0.3, 0.4) is 0 Å². The van der Waals surface area contributed by atoms with Gasteiger partial charge in [-0.2, -0.15) is 0 Å². The first kappa shape index (κ1) is 22.6. The summed E-state index contributed by atoms with van der Waals surface area (Å²) in [6.07, 6.45) is 2.06. The molecule has 1 aliphatic rings. The Balaban J connectivity index is 1.84. The molecule has 2 aromatic carbocycles. The van der Waals surface area contributed by atoms with Gasteiger partial charge in [-0.3, -0.25) is 4.79 Å². The number of likely N-dealkylation sites (tertiary alicyclic amines) is 1. The van der Waals surface area contributed by atoms with Crippen LogP contribution in [-0.2, 0) is 5.41 Å². The zero-order valence-electron chi connectivity index (χ0n) is 18.3. The summed E-state index contributed by atoms with van der Waals surface area (Å²) in [4.78, 5) is 15.0. The molecule has 1 fully saturated rings. The van der Waals surface area contributed by atoms with Gasteiger partial charge in [0.1, 0.15) is 17.7 Å². The lowest BCUT2D eigenvalue weighted by Crippen LogP contribution is -2.42. The molecule has 30 heavy (non-hydrogen) atoms. The van der Waals surface area contributed by atoms with E-state index in [4.69, 9.17) is 16.3 Å². The number of ether oxygens (including phenoxy) is 1. The second-order valence-corrected chi connectivity index (χ2v) is 9.54. The molecule has 2 atom stereocenters. The molecule has 1 heterocycles. The van der Waals surface area contributed by atoms with Gasteiger partial charge in [0.05, 0.1) is 10.6 Å². The number of hydrogen-bond acceptors (Lipinski definition) is 3. The van der Waals surface area contributed by atoms with Crippen LogP contribution in [0.2, 0.25) is 5.02 Å². The van der Waals surface area contributed by atoms with Crippen molar-refractivity contribution in [2.24, 2.45) is 0 Å². The van der Waals surface area contributed by atoms with Gasteiger partial charge in [0.2, 0.25) is 0 Å². The van der Waals surface area contributed by atoms with Crippen molar-refractivity contribution in [2.45, 2.75) is 58.1 Å². The molecular formula is C24H30ClFN2O2. The average molecular weight is 433 g/mol. The highest BCUT2D eigenvalue weighted by Crippen LogP contribution is 2.35. The van der Waals surface area contributed by atoms with Crippen LogP contribution in [0.25, 0.3) is 0 Å². The predicted molar refractivity (Wildman–Crippen MR) is 120 cm³/mol. The number of nitrogens with one attached hydrogen (secondary N) is 1. The molecule has 162 valence electrons. The van der Waals surface area contributed by atoms with Crippen molar-refractivity contribution in [2.75, 3.05) is 18.9 Å². The van der Waals surface area contributed by atoms with Crippen LogP contribution in [0, 0.1) is 5.82 Å². The van der Waals surface area contributed by atoms with Gasteiger partial charge in [-0.1, -0.05) is 38.4 Å². The third kappa shape index (κ3) is 5.32. The molecule has 6 heteroatoms.